The van der Waals surface area contributed by atoms with Gasteiger partial charge in [-0.2, -0.15) is 28.8 Å². The number of carbonyl (C=O) groups excluding carboxylic acids is 2. The molecule has 0 fully saturated rings. The van der Waals surface area contributed by atoms with E-state index in [-0.39, 0.29) is 17.3 Å². The van der Waals surface area contributed by atoms with Crippen molar-refractivity contribution in [2.24, 2.45) is 15.3 Å². The summed E-state index contributed by atoms with van der Waals surface area (Å²) in [5.74, 6) is -0.396. The number of benzene rings is 3. The summed E-state index contributed by atoms with van der Waals surface area (Å²) in [6, 6.07) is 18.4. The Bertz CT molecular complexity index is 1750. The number of nitrogens with one attached hydrogen (secondary N) is 1. The van der Waals surface area contributed by atoms with Crippen LogP contribution in [0.3, 0.4) is 0 Å². The molecule has 12 heteroatoms. The maximum absolute atomic E-state index is 13.8. The molecular formula is C40H53N5O6S. The quantitative estimate of drug-likeness (QED) is 0.0563. The smallest absolute Gasteiger partial charge is 0.298 e. The van der Waals surface area contributed by atoms with Crippen molar-refractivity contribution in [1.29, 1.82) is 0 Å². The summed E-state index contributed by atoms with van der Waals surface area (Å²) in [7, 11) is -4.73. The molecule has 2 amide bonds. The van der Waals surface area contributed by atoms with Gasteiger partial charge >= 0.3 is 0 Å². The molecule has 1 atom stereocenters. The maximum atomic E-state index is 13.8. The van der Waals surface area contributed by atoms with E-state index in [9.17, 15) is 22.6 Å². The second-order valence-corrected chi connectivity index (χ2v) is 14.7. The first-order chi connectivity index (χ1) is 25.2. The lowest BCUT2D eigenvalue weighted by molar-refractivity contribution is -0.118. The molecule has 3 aromatic rings. The zero-order valence-electron chi connectivity index (χ0n) is 30.5. The number of ether oxygens (including phenoxy) is 1. The first kappa shape index (κ1) is 40.4. The summed E-state index contributed by atoms with van der Waals surface area (Å²) in [6.45, 7) is 3.68. The van der Waals surface area contributed by atoms with Crippen molar-refractivity contribution in [1.82, 2.24) is 0 Å². The summed E-state index contributed by atoms with van der Waals surface area (Å²) in [4.78, 5) is 24.7. The molecule has 52 heavy (non-hydrogen) atoms. The Morgan fingerprint density at radius 3 is 1.96 bits per heavy atom. The minimum absolute atomic E-state index is 0.0925. The van der Waals surface area contributed by atoms with Crippen molar-refractivity contribution in [3.05, 3.63) is 72.8 Å². The fourth-order valence-electron chi connectivity index (χ4n) is 6.12. The summed E-state index contributed by atoms with van der Waals surface area (Å²) in [5, 5.41) is 17.1. The van der Waals surface area contributed by atoms with Gasteiger partial charge in [0.05, 0.1) is 17.1 Å². The van der Waals surface area contributed by atoms with Crippen molar-refractivity contribution in [2.75, 3.05) is 10.3 Å². The predicted molar refractivity (Wildman–Crippen MR) is 206 cm³/mol. The molecule has 0 spiro atoms. The number of hydrazone groups is 1. The Balaban J connectivity index is 1.38. The van der Waals surface area contributed by atoms with E-state index >= 15 is 0 Å². The zero-order chi connectivity index (χ0) is 37.2. The third-order valence-electron chi connectivity index (χ3n) is 8.92. The van der Waals surface area contributed by atoms with Gasteiger partial charge in [-0.05, 0) is 67.4 Å². The number of nitrogens with zero attached hydrogens (tertiary/aromatic N) is 4. The molecule has 0 radical (unpaired) electrons. The zero-order valence-corrected chi connectivity index (χ0v) is 31.3. The van der Waals surface area contributed by atoms with Gasteiger partial charge in [-0.3, -0.25) is 14.1 Å². The van der Waals surface area contributed by atoms with Gasteiger partial charge in [-0.1, -0.05) is 115 Å². The molecule has 280 valence electrons. The van der Waals surface area contributed by atoms with E-state index in [4.69, 9.17) is 4.74 Å². The van der Waals surface area contributed by atoms with Gasteiger partial charge in [0, 0.05) is 12.6 Å². The van der Waals surface area contributed by atoms with Gasteiger partial charge in [0.1, 0.15) is 16.4 Å². The lowest BCUT2D eigenvalue weighted by Gasteiger charge is -2.15. The fourth-order valence-corrected chi connectivity index (χ4v) is 6.76. The highest BCUT2D eigenvalue weighted by Crippen LogP contribution is 2.34. The Morgan fingerprint density at radius 2 is 1.40 bits per heavy atom. The number of anilines is 2. The van der Waals surface area contributed by atoms with Crippen LogP contribution >= 0.6 is 0 Å². The highest BCUT2D eigenvalue weighted by atomic mass is 32.2. The molecule has 0 saturated heterocycles. The molecule has 1 aliphatic heterocycles. The lowest BCUT2D eigenvalue weighted by atomic mass is 10.0. The van der Waals surface area contributed by atoms with Crippen LogP contribution in [0.5, 0.6) is 11.5 Å². The van der Waals surface area contributed by atoms with E-state index in [0.717, 1.165) is 24.3 Å². The Hall–Kier alpha value is -4.42. The second kappa shape index (κ2) is 21.2. The minimum Gasteiger partial charge on any atom is -0.456 e. The number of azo groups is 1. The number of unbranched alkanes of at least 4 members (excludes halogenated alkanes) is 14. The largest absolute Gasteiger partial charge is 0.456 e. The number of carbonyl (C=O) groups is 2. The molecule has 2 N–H and O–H groups in total. The highest BCUT2D eigenvalue weighted by Gasteiger charge is 2.37. The van der Waals surface area contributed by atoms with E-state index in [1.165, 1.54) is 102 Å². The first-order valence-electron chi connectivity index (χ1n) is 18.7. The lowest BCUT2D eigenvalue weighted by Crippen LogP contribution is -2.30. The number of amides is 2. The monoisotopic (exact) mass is 731 g/mol. The standard InChI is InChI=1S/C40H53N5O6S/c1-3-4-5-6-7-8-9-10-11-12-13-14-15-16-20-23-36-39(43-42-33-26-24-32(25-27-33)41-31(2)46)40(47)45(44-36)34-28-29-37(38(30-34)52(48,49)50)51-35-21-18-17-19-22-35/h17-19,21-22,24-30,39H,3-16,20,23H2,1-2H3,(H,41,46)(H,48,49,50)/t39-/m1/s1. The van der Waals surface area contributed by atoms with Crippen molar-refractivity contribution in [2.45, 2.75) is 128 Å². The van der Waals surface area contributed by atoms with Crippen LogP contribution in [0.1, 0.15) is 117 Å². The molecule has 11 nitrogen and oxygen atoms in total. The van der Waals surface area contributed by atoms with Crippen LogP contribution in [0.4, 0.5) is 17.1 Å². The number of hydrogen-bond acceptors (Lipinski definition) is 8. The molecule has 4 rings (SSSR count). The SMILES string of the molecule is CCCCCCCCCCCCCCCCCC1=NN(c2ccc(Oc3ccccc3)c(S(=O)(=O)O)c2)C(=O)[C@@H]1N=Nc1ccc(NC(C)=O)cc1. The van der Waals surface area contributed by atoms with E-state index in [2.05, 4.69) is 27.6 Å². The van der Waals surface area contributed by atoms with Gasteiger partial charge < -0.3 is 10.1 Å². The molecule has 1 heterocycles. The summed E-state index contributed by atoms with van der Waals surface area (Å²) in [5.41, 5.74) is 1.77. The van der Waals surface area contributed by atoms with Crippen LogP contribution in [0.2, 0.25) is 0 Å². The summed E-state index contributed by atoms with van der Waals surface area (Å²) in [6.07, 6.45) is 19.1. The Morgan fingerprint density at radius 1 is 0.827 bits per heavy atom. The molecule has 0 aromatic heterocycles. The van der Waals surface area contributed by atoms with E-state index in [1.54, 1.807) is 54.6 Å². The van der Waals surface area contributed by atoms with Crippen LogP contribution in [-0.4, -0.2) is 36.5 Å². The van der Waals surface area contributed by atoms with E-state index < -0.39 is 27.0 Å². The average molecular weight is 732 g/mol. The second-order valence-electron chi connectivity index (χ2n) is 13.3. The van der Waals surface area contributed by atoms with Crippen LogP contribution < -0.4 is 15.1 Å². The Labute approximate surface area is 308 Å². The van der Waals surface area contributed by atoms with Gasteiger partial charge in [-0.15, -0.1) is 0 Å². The third-order valence-corrected chi connectivity index (χ3v) is 9.80. The predicted octanol–water partition coefficient (Wildman–Crippen LogP) is 10.8. The van der Waals surface area contributed by atoms with Crippen LogP contribution in [-0.2, 0) is 19.7 Å². The number of rotatable bonds is 23. The van der Waals surface area contributed by atoms with Crippen LogP contribution in [0, 0.1) is 0 Å². The van der Waals surface area contributed by atoms with Crippen molar-refractivity contribution in [3.8, 4) is 11.5 Å². The van der Waals surface area contributed by atoms with Crippen molar-refractivity contribution >= 4 is 44.7 Å². The molecule has 3 aromatic carbocycles. The average Bonchev–Trinajstić information content (AvgIpc) is 3.43. The van der Waals surface area contributed by atoms with Crippen molar-refractivity contribution < 1.29 is 27.3 Å². The summed E-state index contributed by atoms with van der Waals surface area (Å²) >= 11 is 0. The molecule has 0 bridgehead atoms. The third kappa shape index (κ3) is 13.3. The van der Waals surface area contributed by atoms with Crippen molar-refractivity contribution in [3.63, 3.8) is 0 Å². The molecule has 0 aliphatic carbocycles. The van der Waals surface area contributed by atoms with E-state index in [0.29, 0.717) is 29.3 Å². The first-order valence-corrected chi connectivity index (χ1v) is 20.1. The molecule has 0 saturated carbocycles. The Kier molecular flexibility index (Phi) is 16.4. The van der Waals surface area contributed by atoms with Gasteiger partial charge in [0.25, 0.3) is 16.0 Å². The molecular weight excluding hydrogens is 679 g/mol. The van der Waals surface area contributed by atoms with Gasteiger partial charge in [-0.25, -0.2) is 0 Å². The molecule has 1 aliphatic rings. The van der Waals surface area contributed by atoms with Crippen LogP contribution in [0.15, 0.2) is 93.0 Å². The fraction of sp³-hybridized carbons (Fsp3) is 0.475. The van der Waals surface area contributed by atoms with Gasteiger partial charge in [0.15, 0.2) is 6.04 Å². The van der Waals surface area contributed by atoms with Crippen LogP contribution in [0.25, 0.3) is 0 Å². The number of para-hydroxylation sites is 1. The van der Waals surface area contributed by atoms with E-state index in [1.807, 2.05) is 0 Å². The summed E-state index contributed by atoms with van der Waals surface area (Å²) < 4.78 is 40.6. The normalized spacial score (nSPS) is 14.6. The molecule has 0 unspecified atom stereocenters. The minimum atomic E-state index is -4.73. The topological polar surface area (TPSA) is 150 Å². The highest BCUT2D eigenvalue weighted by molar-refractivity contribution is 7.86. The van der Waals surface area contributed by atoms with Gasteiger partial charge in [0.2, 0.25) is 5.91 Å². The number of hydrogen-bond donors (Lipinski definition) is 2. The maximum Gasteiger partial charge on any atom is 0.298 e.